The third-order valence-electron chi connectivity index (χ3n) is 9.43. The van der Waals surface area contributed by atoms with Crippen LogP contribution in [-0.2, 0) is 19.9 Å². The first-order valence-corrected chi connectivity index (χ1v) is 17.0. The molecule has 0 bridgehead atoms. The molecule has 4 N–H and O–H groups in total. The van der Waals surface area contributed by atoms with Crippen molar-refractivity contribution in [2.75, 3.05) is 32.1 Å². The van der Waals surface area contributed by atoms with Gasteiger partial charge < -0.3 is 26.0 Å². The zero-order valence-electron chi connectivity index (χ0n) is 27.2. The van der Waals surface area contributed by atoms with Crippen molar-refractivity contribution in [1.82, 2.24) is 35.7 Å². The van der Waals surface area contributed by atoms with Crippen LogP contribution in [0.5, 0.6) is 5.88 Å². The lowest BCUT2D eigenvalue weighted by Gasteiger charge is -2.33. The van der Waals surface area contributed by atoms with Crippen LogP contribution < -0.4 is 31.6 Å². The fourth-order valence-electron chi connectivity index (χ4n) is 6.85. The minimum Gasteiger partial charge on any atom is -0.481 e. The van der Waals surface area contributed by atoms with Gasteiger partial charge in [-0.25, -0.2) is 19.4 Å². The summed E-state index contributed by atoms with van der Waals surface area (Å²) in [4.78, 5) is 33.0. The molecule has 1 spiro atoms. The third kappa shape index (κ3) is 6.41. The normalized spacial score (nSPS) is 18.0. The van der Waals surface area contributed by atoms with E-state index in [0.29, 0.717) is 38.2 Å². The van der Waals surface area contributed by atoms with Gasteiger partial charge in [-0.05, 0) is 62.4 Å². The first-order chi connectivity index (χ1) is 23.8. The smallest absolute Gasteiger partial charge is 0.315 e. The number of hydrogen-bond donors (Lipinski definition) is 4. The van der Waals surface area contributed by atoms with Crippen molar-refractivity contribution < 1.29 is 9.53 Å². The van der Waals surface area contributed by atoms with Crippen LogP contribution >= 0.6 is 23.2 Å². The monoisotopic (exact) mass is 698 g/mol. The first-order valence-electron chi connectivity index (χ1n) is 16.3. The van der Waals surface area contributed by atoms with Crippen molar-refractivity contribution in [3.63, 3.8) is 0 Å². The summed E-state index contributed by atoms with van der Waals surface area (Å²) >= 11 is 13.9. The van der Waals surface area contributed by atoms with Gasteiger partial charge in [0.25, 0.3) is 5.56 Å². The van der Waals surface area contributed by atoms with E-state index >= 15 is 0 Å². The number of halogens is 2. The average Bonchev–Trinajstić information content (AvgIpc) is 3.77. The molecule has 2 saturated heterocycles. The van der Waals surface area contributed by atoms with E-state index in [2.05, 4.69) is 37.4 Å². The van der Waals surface area contributed by atoms with Gasteiger partial charge in [-0.2, -0.15) is 5.10 Å². The van der Waals surface area contributed by atoms with Crippen molar-refractivity contribution in [3.8, 4) is 28.3 Å². The number of benzene rings is 2. The second-order valence-corrected chi connectivity index (χ2v) is 13.3. The Morgan fingerprint density at radius 1 is 0.980 bits per heavy atom. The number of aromatic nitrogens is 4. The Morgan fingerprint density at radius 3 is 2.53 bits per heavy atom. The van der Waals surface area contributed by atoms with Crippen LogP contribution in [0.3, 0.4) is 0 Å². The molecule has 2 aliphatic heterocycles. The number of ether oxygens (including phenoxy) is 1. The molecular formula is C36H36Cl2N8O3. The molecule has 13 heteroatoms. The number of methoxy groups -OCH3 is 1. The Labute approximate surface area is 293 Å². The standard InChI is InChI=1S/C29H23Cl2N5O2.C7H13N3O/c1-36-29(37)24-17(15-33-36)12-13-32-27(24)34-22-11-5-9-20(26(22)31)19-8-4-10-21(25(19)30)23-14-16-6-3-7-18(16)28(35-23)38-2;11-6-9-4-2-7(10-6)1-3-8-5-7/h4-5,8-15H,3,6-7H2,1-2H3,(H,32,34);8H,1-5H2,(H2,9,10,11). The van der Waals surface area contributed by atoms with Gasteiger partial charge in [0.05, 0.1) is 45.7 Å². The summed E-state index contributed by atoms with van der Waals surface area (Å²) in [6.45, 7) is 2.77. The summed E-state index contributed by atoms with van der Waals surface area (Å²) in [7, 11) is 3.25. The third-order valence-corrected chi connectivity index (χ3v) is 10.2. The highest BCUT2D eigenvalue weighted by atomic mass is 35.5. The zero-order valence-corrected chi connectivity index (χ0v) is 28.7. The van der Waals surface area contributed by atoms with E-state index in [-0.39, 0.29) is 17.1 Å². The number of aryl methyl sites for hydroxylation is 2. The number of urea groups is 1. The number of anilines is 2. The van der Waals surface area contributed by atoms with Gasteiger partial charge >= 0.3 is 6.03 Å². The number of amides is 2. The molecule has 1 aliphatic carbocycles. The molecule has 0 radical (unpaired) electrons. The predicted molar refractivity (Wildman–Crippen MR) is 193 cm³/mol. The number of nitrogens with zero attached hydrogens (tertiary/aromatic N) is 4. The Morgan fingerprint density at radius 2 is 1.76 bits per heavy atom. The summed E-state index contributed by atoms with van der Waals surface area (Å²) in [5.74, 6) is 1.06. The van der Waals surface area contributed by atoms with E-state index in [1.165, 1.54) is 15.8 Å². The molecule has 252 valence electrons. The number of carbonyl (C=O) groups is 1. The Hall–Kier alpha value is -4.71. The fraction of sp³-hybridized carbons (Fsp3) is 0.306. The van der Waals surface area contributed by atoms with Gasteiger partial charge in [-0.1, -0.05) is 53.5 Å². The lowest BCUT2D eigenvalue weighted by Crippen LogP contribution is -2.59. The molecule has 2 fully saturated rings. The maximum atomic E-state index is 12.8. The SMILES string of the molecule is COc1nc(-c2cccc(-c3cccc(Nc4nccc5cnn(C)c(=O)c45)c3Cl)c2Cl)cc2c1CCC2.O=C1NCCC2(CCNC2)N1. The van der Waals surface area contributed by atoms with Crippen molar-refractivity contribution in [1.29, 1.82) is 0 Å². The molecular weight excluding hydrogens is 663 g/mol. The molecule has 3 aliphatic rings. The molecule has 49 heavy (non-hydrogen) atoms. The van der Waals surface area contributed by atoms with Crippen molar-refractivity contribution >= 4 is 51.5 Å². The molecule has 2 amide bonds. The molecule has 1 unspecified atom stereocenters. The summed E-state index contributed by atoms with van der Waals surface area (Å²) in [5, 5.41) is 18.5. The van der Waals surface area contributed by atoms with Crippen LogP contribution in [-0.4, -0.2) is 58.1 Å². The van der Waals surface area contributed by atoms with Crippen LogP contribution in [0.1, 0.15) is 30.4 Å². The molecule has 2 aromatic carbocycles. The van der Waals surface area contributed by atoms with Gasteiger partial charge in [0.1, 0.15) is 5.82 Å². The second kappa shape index (κ2) is 13.7. The quantitative estimate of drug-likeness (QED) is 0.175. The molecule has 1 atom stereocenters. The van der Waals surface area contributed by atoms with Crippen LogP contribution in [0.2, 0.25) is 10.0 Å². The van der Waals surface area contributed by atoms with Crippen molar-refractivity contribution in [2.24, 2.45) is 7.05 Å². The van der Waals surface area contributed by atoms with Crippen LogP contribution in [0.15, 0.2) is 65.7 Å². The minimum absolute atomic E-state index is 0.0139. The van der Waals surface area contributed by atoms with E-state index in [1.807, 2.05) is 36.4 Å². The number of fused-ring (bicyclic) bond motifs is 2. The highest BCUT2D eigenvalue weighted by Gasteiger charge is 2.37. The highest BCUT2D eigenvalue weighted by Crippen LogP contribution is 2.43. The maximum absolute atomic E-state index is 12.8. The largest absolute Gasteiger partial charge is 0.481 e. The van der Waals surface area contributed by atoms with Gasteiger partial charge in [-0.3, -0.25) is 4.79 Å². The van der Waals surface area contributed by atoms with Gasteiger partial charge in [0.15, 0.2) is 0 Å². The fourth-order valence-corrected chi connectivity index (χ4v) is 7.45. The molecule has 8 rings (SSSR count). The number of pyridine rings is 2. The van der Waals surface area contributed by atoms with Crippen LogP contribution in [0.4, 0.5) is 16.3 Å². The molecule has 5 heterocycles. The second-order valence-electron chi connectivity index (χ2n) is 12.5. The number of nitrogens with one attached hydrogen (secondary N) is 4. The number of carbonyl (C=O) groups excluding carboxylic acids is 1. The van der Waals surface area contributed by atoms with Gasteiger partial charge in [0.2, 0.25) is 5.88 Å². The molecule has 0 saturated carbocycles. The maximum Gasteiger partial charge on any atom is 0.315 e. The van der Waals surface area contributed by atoms with E-state index in [4.69, 9.17) is 32.9 Å². The summed E-state index contributed by atoms with van der Waals surface area (Å²) in [6.07, 6.45) is 8.44. The first kappa shape index (κ1) is 32.8. The highest BCUT2D eigenvalue weighted by molar-refractivity contribution is 6.39. The van der Waals surface area contributed by atoms with Crippen LogP contribution in [0, 0.1) is 0 Å². The lowest BCUT2D eigenvalue weighted by molar-refractivity contribution is 0.211. The predicted octanol–water partition coefficient (Wildman–Crippen LogP) is 6.03. The summed E-state index contributed by atoms with van der Waals surface area (Å²) in [6, 6.07) is 15.3. The van der Waals surface area contributed by atoms with E-state index in [0.717, 1.165) is 74.1 Å². The minimum atomic E-state index is -0.251. The number of rotatable bonds is 5. The van der Waals surface area contributed by atoms with Gasteiger partial charge in [-0.15, -0.1) is 0 Å². The van der Waals surface area contributed by atoms with E-state index in [1.54, 1.807) is 32.6 Å². The molecule has 5 aromatic rings. The Bertz CT molecular complexity index is 2130. The van der Waals surface area contributed by atoms with Crippen LogP contribution in [0.25, 0.3) is 33.2 Å². The summed E-state index contributed by atoms with van der Waals surface area (Å²) in [5.41, 5.74) is 5.93. The number of hydrogen-bond acceptors (Lipinski definition) is 8. The Balaban J connectivity index is 0.000000290. The zero-order chi connectivity index (χ0) is 34.1. The average molecular weight is 700 g/mol. The summed E-state index contributed by atoms with van der Waals surface area (Å²) < 4.78 is 6.87. The molecule has 3 aromatic heterocycles. The van der Waals surface area contributed by atoms with Crippen molar-refractivity contribution in [3.05, 3.63) is 92.5 Å². The lowest BCUT2D eigenvalue weighted by atomic mass is 9.93. The van der Waals surface area contributed by atoms with E-state index in [9.17, 15) is 9.59 Å². The Kier molecular flexibility index (Phi) is 9.15. The molecule has 11 nitrogen and oxygen atoms in total. The topological polar surface area (TPSA) is 135 Å². The van der Waals surface area contributed by atoms with Crippen molar-refractivity contribution in [2.45, 2.75) is 37.6 Å². The van der Waals surface area contributed by atoms with Gasteiger partial charge in [0, 0.05) is 54.0 Å². The van der Waals surface area contributed by atoms with E-state index < -0.39 is 0 Å².